The number of carbonyl (C=O) groups excluding carboxylic acids is 1. The summed E-state index contributed by atoms with van der Waals surface area (Å²) >= 11 is 1.25. The van der Waals surface area contributed by atoms with Crippen LogP contribution in [0.2, 0.25) is 0 Å². The van der Waals surface area contributed by atoms with E-state index in [-0.39, 0.29) is 17.9 Å². The number of nitrogens with zero attached hydrogens (tertiary/aromatic N) is 2. The third-order valence-electron chi connectivity index (χ3n) is 6.78. The molecule has 0 spiro atoms. The molecule has 1 aliphatic rings. The van der Waals surface area contributed by atoms with Crippen LogP contribution >= 0.6 is 11.8 Å². The molecule has 5 rings (SSSR count). The Labute approximate surface area is 249 Å². The number of aliphatic imine (C=N–C) groups is 1. The second-order valence-electron chi connectivity index (χ2n) is 9.74. The van der Waals surface area contributed by atoms with E-state index >= 15 is 0 Å². The molecular formula is C34H32N2O5S. The summed E-state index contributed by atoms with van der Waals surface area (Å²) in [6.07, 6.45) is 1.89. The van der Waals surface area contributed by atoms with Gasteiger partial charge in [-0.3, -0.25) is 0 Å². The second kappa shape index (κ2) is 12.4. The van der Waals surface area contributed by atoms with Gasteiger partial charge in [0.15, 0.2) is 0 Å². The van der Waals surface area contributed by atoms with Crippen LogP contribution in [-0.4, -0.2) is 34.4 Å². The van der Waals surface area contributed by atoms with E-state index in [1.54, 1.807) is 14.0 Å². The maximum Gasteiger partial charge on any atom is 0.344 e. The third kappa shape index (κ3) is 6.14. The summed E-state index contributed by atoms with van der Waals surface area (Å²) in [4.78, 5) is 18.0. The lowest BCUT2D eigenvalue weighted by atomic mass is 10.1. The van der Waals surface area contributed by atoms with Crippen molar-refractivity contribution in [2.75, 3.05) is 13.7 Å². The Morgan fingerprint density at radius 3 is 2.17 bits per heavy atom. The first-order chi connectivity index (χ1) is 20.3. The van der Waals surface area contributed by atoms with Crippen LogP contribution in [0.1, 0.15) is 29.4 Å². The van der Waals surface area contributed by atoms with Gasteiger partial charge in [-0.1, -0.05) is 29.5 Å². The maximum absolute atomic E-state index is 12.8. The highest BCUT2D eigenvalue weighted by atomic mass is 32.2. The van der Waals surface area contributed by atoms with E-state index in [1.165, 1.54) is 11.8 Å². The summed E-state index contributed by atoms with van der Waals surface area (Å²) < 4.78 is 18.6. The van der Waals surface area contributed by atoms with Crippen molar-refractivity contribution < 1.29 is 24.1 Å². The van der Waals surface area contributed by atoms with Crippen LogP contribution in [0, 0.1) is 20.8 Å². The minimum absolute atomic E-state index is 0.0786. The van der Waals surface area contributed by atoms with Gasteiger partial charge in [0.25, 0.3) is 0 Å². The van der Waals surface area contributed by atoms with E-state index in [9.17, 15) is 9.90 Å². The average Bonchev–Trinajstić information content (AvgIpc) is 3.44. The molecule has 1 N–H and O–H groups in total. The molecule has 0 saturated heterocycles. The smallest absolute Gasteiger partial charge is 0.344 e. The summed E-state index contributed by atoms with van der Waals surface area (Å²) in [6.45, 7) is 7.98. The quantitative estimate of drug-likeness (QED) is 0.211. The number of hydrogen-bond acceptors (Lipinski definition) is 7. The molecule has 1 aliphatic heterocycles. The summed E-state index contributed by atoms with van der Waals surface area (Å²) in [5, 5.41) is 11.6. The summed E-state index contributed by atoms with van der Waals surface area (Å²) in [6, 6.07) is 25.0. The number of esters is 1. The molecule has 42 heavy (non-hydrogen) atoms. The molecule has 0 amide bonds. The molecule has 0 unspecified atom stereocenters. The van der Waals surface area contributed by atoms with Gasteiger partial charge in [0.2, 0.25) is 0 Å². The van der Waals surface area contributed by atoms with E-state index in [0.717, 1.165) is 45.5 Å². The molecule has 8 heteroatoms. The van der Waals surface area contributed by atoms with Crippen molar-refractivity contribution in [3.05, 3.63) is 118 Å². The first-order valence-corrected chi connectivity index (χ1v) is 14.4. The number of carbonyl (C=O) groups is 1. The zero-order valence-electron chi connectivity index (χ0n) is 24.2. The van der Waals surface area contributed by atoms with E-state index < -0.39 is 5.97 Å². The number of benzene rings is 3. The van der Waals surface area contributed by atoms with Crippen molar-refractivity contribution in [3.63, 3.8) is 0 Å². The van der Waals surface area contributed by atoms with E-state index in [2.05, 4.69) is 15.6 Å². The highest BCUT2D eigenvalue weighted by molar-refractivity contribution is 8.18. The van der Waals surface area contributed by atoms with Crippen LogP contribution in [0.15, 0.2) is 100 Å². The van der Waals surface area contributed by atoms with Crippen LogP contribution in [-0.2, 0) is 9.53 Å². The fraction of sp³-hybridized carbons (Fsp3) is 0.176. The lowest BCUT2D eigenvalue weighted by molar-refractivity contribution is -0.138. The number of aliphatic hydroxyl groups is 1. The molecule has 0 radical (unpaired) electrons. The first kappa shape index (κ1) is 28.8. The molecule has 0 fully saturated rings. The number of aliphatic hydroxyl groups excluding tert-OH is 1. The number of aryl methyl sites for hydroxylation is 2. The highest BCUT2D eigenvalue weighted by Crippen LogP contribution is 2.41. The lowest BCUT2D eigenvalue weighted by Crippen LogP contribution is -2.12. The molecule has 0 aliphatic carbocycles. The summed E-state index contributed by atoms with van der Waals surface area (Å²) in [5.74, 6) is 1.49. The molecule has 214 valence electrons. The van der Waals surface area contributed by atoms with E-state index in [4.69, 9.17) is 14.2 Å². The number of methoxy groups -OCH3 is 1. The van der Waals surface area contributed by atoms with Gasteiger partial charge in [-0.2, -0.15) is 0 Å². The van der Waals surface area contributed by atoms with E-state index in [1.807, 2.05) is 99.6 Å². The van der Waals surface area contributed by atoms with Crippen molar-refractivity contribution in [3.8, 4) is 22.9 Å². The van der Waals surface area contributed by atoms with Crippen LogP contribution in [0.25, 0.3) is 11.8 Å². The monoisotopic (exact) mass is 580 g/mol. The molecule has 0 bridgehead atoms. The SMILES string of the molecule is CCOC(=O)C1=C(O)/C(=C/c2cc(C)n(-c3ccc(Oc4ccc(OC)cc4)cc3)c2C)SC1=Nc1ccc(C)cc1. The average molecular weight is 581 g/mol. The molecule has 1 aromatic heterocycles. The zero-order chi connectivity index (χ0) is 29.8. The van der Waals surface area contributed by atoms with Crippen molar-refractivity contribution >= 4 is 34.5 Å². The normalized spacial score (nSPS) is 15.0. The van der Waals surface area contributed by atoms with Gasteiger partial charge in [0.1, 0.15) is 33.6 Å². The van der Waals surface area contributed by atoms with Crippen LogP contribution in [0.4, 0.5) is 5.69 Å². The first-order valence-electron chi connectivity index (χ1n) is 13.5. The minimum Gasteiger partial charge on any atom is -0.506 e. The molecule has 0 saturated carbocycles. The van der Waals surface area contributed by atoms with Crippen LogP contribution in [0.3, 0.4) is 0 Å². The topological polar surface area (TPSA) is 82.3 Å². The Balaban J connectivity index is 1.43. The molecular weight excluding hydrogens is 548 g/mol. The highest BCUT2D eigenvalue weighted by Gasteiger charge is 2.33. The van der Waals surface area contributed by atoms with Gasteiger partial charge in [0, 0.05) is 17.1 Å². The van der Waals surface area contributed by atoms with Crippen molar-refractivity contribution in [2.45, 2.75) is 27.7 Å². The van der Waals surface area contributed by atoms with Crippen molar-refractivity contribution in [1.29, 1.82) is 0 Å². The Hall–Kier alpha value is -4.69. The minimum atomic E-state index is -0.598. The Morgan fingerprint density at radius 2 is 1.55 bits per heavy atom. The standard InChI is InChI=1S/C34H32N2O5S/c1-6-40-34(38)31-32(37)30(42-33(31)35-25-9-7-21(2)8-10-25)20-24-19-22(3)36(23(24)4)26-11-13-28(14-12-26)41-29-17-15-27(39-5)16-18-29/h7-20,37H,6H2,1-5H3/b30-20-,35-33?. The van der Waals surface area contributed by atoms with Crippen LogP contribution in [0.5, 0.6) is 17.2 Å². The molecule has 0 atom stereocenters. The predicted octanol–water partition coefficient (Wildman–Crippen LogP) is 8.40. The van der Waals surface area contributed by atoms with Gasteiger partial charge in [-0.25, -0.2) is 9.79 Å². The van der Waals surface area contributed by atoms with Gasteiger partial charge in [-0.05, 0) is 106 Å². The zero-order valence-corrected chi connectivity index (χ0v) is 25.0. The molecule has 7 nitrogen and oxygen atoms in total. The van der Waals surface area contributed by atoms with Gasteiger partial charge in [-0.15, -0.1) is 0 Å². The Kier molecular flexibility index (Phi) is 8.54. The maximum atomic E-state index is 12.8. The summed E-state index contributed by atoms with van der Waals surface area (Å²) in [7, 11) is 1.63. The fourth-order valence-corrected chi connectivity index (χ4v) is 5.67. The Bertz CT molecular complexity index is 1700. The second-order valence-corrected chi connectivity index (χ2v) is 10.8. The fourth-order valence-electron chi connectivity index (χ4n) is 4.64. The van der Waals surface area contributed by atoms with E-state index in [0.29, 0.717) is 15.6 Å². The number of thioether (sulfide) groups is 1. The number of rotatable bonds is 8. The number of aromatic nitrogens is 1. The van der Waals surface area contributed by atoms with Gasteiger partial charge >= 0.3 is 5.97 Å². The molecule has 2 heterocycles. The third-order valence-corrected chi connectivity index (χ3v) is 7.80. The largest absolute Gasteiger partial charge is 0.506 e. The van der Waals surface area contributed by atoms with Crippen LogP contribution < -0.4 is 9.47 Å². The molecule has 4 aromatic rings. The van der Waals surface area contributed by atoms with Crippen molar-refractivity contribution in [1.82, 2.24) is 4.57 Å². The summed E-state index contributed by atoms with van der Waals surface area (Å²) in [5.41, 5.74) is 5.78. The van der Waals surface area contributed by atoms with Gasteiger partial charge < -0.3 is 23.9 Å². The molecule has 3 aromatic carbocycles. The lowest BCUT2D eigenvalue weighted by Gasteiger charge is -2.11. The number of ether oxygens (including phenoxy) is 3. The predicted molar refractivity (Wildman–Crippen MR) is 168 cm³/mol. The van der Waals surface area contributed by atoms with Gasteiger partial charge in [0.05, 0.1) is 24.3 Å². The number of hydrogen-bond donors (Lipinski definition) is 1. The Morgan fingerprint density at radius 1 is 0.929 bits per heavy atom. The van der Waals surface area contributed by atoms with Crippen molar-refractivity contribution in [2.24, 2.45) is 4.99 Å².